The van der Waals surface area contributed by atoms with Crippen LogP contribution in [-0.4, -0.2) is 48.6 Å². The largest absolute Gasteiger partial charge is 0.414 e. The summed E-state index contributed by atoms with van der Waals surface area (Å²) in [5.41, 5.74) is -0.628. The first kappa shape index (κ1) is 21.9. The standard InChI is InChI=1S/C20H32N2O7Si/c1-11-12-9-14(23)21-17(24)22(12)20(26-11)16-15(28-19(5,6)29-16)13(27-20)10-25-30(7,8)18(2,3)4/h9,11,13,15-16H,10H2,1-8H3,(H,21,23,24)/t11-,13-,15-,16-,20-/m0/s1. The summed E-state index contributed by atoms with van der Waals surface area (Å²) in [6.07, 6.45) is -2.19. The van der Waals surface area contributed by atoms with Gasteiger partial charge in [0.05, 0.1) is 12.3 Å². The third kappa shape index (κ3) is 3.25. The topological polar surface area (TPSA) is 101 Å². The molecule has 0 unspecified atom stereocenters. The van der Waals surface area contributed by atoms with Crippen molar-refractivity contribution in [2.75, 3.05) is 6.61 Å². The van der Waals surface area contributed by atoms with E-state index < -0.39 is 55.7 Å². The lowest BCUT2D eigenvalue weighted by molar-refractivity contribution is -0.335. The zero-order valence-corrected chi connectivity index (χ0v) is 19.9. The van der Waals surface area contributed by atoms with Gasteiger partial charge in [-0.15, -0.1) is 0 Å². The molecule has 1 aromatic rings. The van der Waals surface area contributed by atoms with Crippen molar-refractivity contribution in [1.82, 2.24) is 9.55 Å². The van der Waals surface area contributed by atoms with E-state index in [2.05, 4.69) is 38.8 Å². The molecular formula is C20H32N2O7Si. The average Bonchev–Trinajstić information content (AvgIpc) is 3.14. The number of aromatic nitrogens is 2. The van der Waals surface area contributed by atoms with Crippen molar-refractivity contribution in [2.45, 2.75) is 95.8 Å². The van der Waals surface area contributed by atoms with Crippen LogP contribution in [0.2, 0.25) is 18.1 Å². The average molecular weight is 441 g/mol. The van der Waals surface area contributed by atoms with E-state index in [-0.39, 0.29) is 5.04 Å². The molecule has 3 aliphatic rings. The van der Waals surface area contributed by atoms with E-state index in [1.165, 1.54) is 10.6 Å². The first-order valence-corrected chi connectivity index (χ1v) is 13.3. The zero-order chi connectivity index (χ0) is 22.3. The molecular weight excluding hydrogens is 408 g/mol. The SMILES string of the molecule is C[C@@H]1O[C@@]2(O[C@@H](CO[Si](C)(C)C(C)(C)C)[C@@H]3OC(C)(C)O[C@@H]32)n2c1cc(=O)[nH]c2=O. The van der Waals surface area contributed by atoms with Gasteiger partial charge in [0.15, 0.2) is 20.2 Å². The van der Waals surface area contributed by atoms with Gasteiger partial charge in [-0.05, 0) is 38.9 Å². The van der Waals surface area contributed by atoms with Crippen molar-refractivity contribution >= 4 is 8.32 Å². The van der Waals surface area contributed by atoms with Gasteiger partial charge >= 0.3 is 5.69 Å². The Bertz CT molecular complexity index is 963. The molecule has 1 aromatic heterocycles. The molecule has 1 N–H and O–H groups in total. The van der Waals surface area contributed by atoms with Crippen molar-refractivity contribution < 1.29 is 23.4 Å². The molecule has 2 fully saturated rings. The molecule has 0 bridgehead atoms. The van der Waals surface area contributed by atoms with Gasteiger partial charge in [-0.1, -0.05) is 20.8 Å². The van der Waals surface area contributed by atoms with Gasteiger partial charge in [-0.3, -0.25) is 9.78 Å². The van der Waals surface area contributed by atoms with Gasteiger partial charge in [0.2, 0.25) is 0 Å². The molecule has 4 heterocycles. The number of hydrogen-bond acceptors (Lipinski definition) is 7. The normalized spacial score (nSPS) is 35.1. The first-order valence-electron chi connectivity index (χ1n) is 10.4. The van der Waals surface area contributed by atoms with Gasteiger partial charge in [0.25, 0.3) is 11.5 Å². The van der Waals surface area contributed by atoms with E-state index in [0.717, 1.165) is 0 Å². The number of rotatable bonds is 3. The van der Waals surface area contributed by atoms with Crippen LogP contribution in [0.3, 0.4) is 0 Å². The predicted octanol–water partition coefficient (Wildman–Crippen LogP) is 2.18. The fourth-order valence-corrected chi connectivity index (χ4v) is 5.12. The summed E-state index contributed by atoms with van der Waals surface area (Å²) in [7, 11) is -2.04. The summed E-state index contributed by atoms with van der Waals surface area (Å²) in [6, 6.07) is 1.36. The Morgan fingerprint density at radius 2 is 1.83 bits per heavy atom. The molecule has 3 aliphatic heterocycles. The smallest absolute Gasteiger partial charge is 0.332 e. The second-order valence-corrected chi connectivity index (χ2v) is 15.1. The maximum atomic E-state index is 12.8. The van der Waals surface area contributed by atoms with Crippen LogP contribution >= 0.6 is 0 Å². The van der Waals surface area contributed by atoms with Gasteiger partial charge in [0, 0.05) is 6.07 Å². The Morgan fingerprint density at radius 1 is 1.17 bits per heavy atom. The lowest BCUT2D eigenvalue weighted by atomic mass is 10.1. The molecule has 168 valence electrons. The quantitative estimate of drug-likeness (QED) is 0.719. The zero-order valence-electron chi connectivity index (χ0n) is 18.9. The fraction of sp³-hybridized carbons (Fsp3) is 0.800. The van der Waals surface area contributed by atoms with Crippen molar-refractivity contribution in [3.05, 3.63) is 32.6 Å². The number of hydrogen-bond donors (Lipinski definition) is 1. The van der Waals surface area contributed by atoms with Crippen molar-refractivity contribution in [2.24, 2.45) is 0 Å². The van der Waals surface area contributed by atoms with Gasteiger partial charge in [-0.25, -0.2) is 9.36 Å². The van der Waals surface area contributed by atoms with Gasteiger partial charge in [0.1, 0.15) is 18.3 Å². The monoisotopic (exact) mass is 440 g/mol. The number of nitrogens with zero attached hydrogens (tertiary/aromatic N) is 1. The Kier molecular flexibility index (Phi) is 4.82. The van der Waals surface area contributed by atoms with E-state index in [1.54, 1.807) is 6.92 Å². The van der Waals surface area contributed by atoms with Crippen LogP contribution in [0.25, 0.3) is 0 Å². The predicted molar refractivity (Wildman–Crippen MR) is 111 cm³/mol. The summed E-state index contributed by atoms with van der Waals surface area (Å²) in [6.45, 7) is 16.6. The minimum absolute atomic E-state index is 0.0381. The molecule has 2 saturated heterocycles. The van der Waals surface area contributed by atoms with Crippen molar-refractivity contribution in [1.29, 1.82) is 0 Å². The fourth-order valence-electron chi connectivity index (χ4n) is 4.11. The van der Waals surface area contributed by atoms with E-state index >= 15 is 0 Å². The van der Waals surface area contributed by atoms with Gasteiger partial charge in [-0.2, -0.15) is 0 Å². The summed E-state index contributed by atoms with van der Waals surface area (Å²) >= 11 is 0. The molecule has 9 nitrogen and oxygen atoms in total. The molecule has 4 rings (SSSR count). The molecule has 5 atom stereocenters. The number of aromatic amines is 1. The summed E-state index contributed by atoms with van der Waals surface area (Å²) in [5.74, 6) is -2.39. The van der Waals surface area contributed by atoms with E-state index in [0.29, 0.717) is 12.3 Å². The Balaban J connectivity index is 1.72. The highest BCUT2D eigenvalue weighted by Crippen LogP contribution is 2.52. The molecule has 0 radical (unpaired) electrons. The van der Waals surface area contributed by atoms with Crippen molar-refractivity contribution in [3.8, 4) is 0 Å². The number of fused-ring (bicyclic) bond motifs is 4. The maximum Gasteiger partial charge on any atom is 0.332 e. The molecule has 30 heavy (non-hydrogen) atoms. The van der Waals surface area contributed by atoms with E-state index in [1.807, 2.05) is 13.8 Å². The maximum absolute atomic E-state index is 12.8. The van der Waals surface area contributed by atoms with Crippen LogP contribution in [-0.2, 0) is 29.3 Å². The van der Waals surface area contributed by atoms with Crippen LogP contribution in [0.15, 0.2) is 15.7 Å². The second-order valence-electron chi connectivity index (χ2n) is 10.3. The van der Waals surface area contributed by atoms with Crippen LogP contribution < -0.4 is 11.2 Å². The summed E-state index contributed by atoms with van der Waals surface area (Å²) < 4.78 is 32.6. The summed E-state index contributed by atoms with van der Waals surface area (Å²) in [4.78, 5) is 26.9. The first-order chi connectivity index (χ1) is 13.7. The van der Waals surface area contributed by atoms with Crippen LogP contribution in [0.1, 0.15) is 53.3 Å². The minimum Gasteiger partial charge on any atom is -0.414 e. The van der Waals surface area contributed by atoms with E-state index in [4.69, 9.17) is 23.4 Å². The van der Waals surface area contributed by atoms with Crippen LogP contribution in [0, 0.1) is 0 Å². The molecule has 10 heteroatoms. The lowest BCUT2D eigenvalue weighted by Crippen LogP contribution is -2.50. The highest BCUT2D eigenvalue weighted by molar-refractivity contribution is 6.74. The van der Waals surface area contributed by atoms with Crippen LogP contribution in [0.4, 0.5) is 0 Å². The molecule has 0 aromatic carbocycles. The molecule has 0 amide bonds. The van der Waals surface area contributed by atoms with Gasteiger partial charge < -0.3 is 23.4 Å². The Hall–Kier alpha value is -1.30. The Morgan fingerprint density at radius 3 is 2.47 bits per heavy atom. The van der Waals surface area contributed by atoms with Crippen molar-refractivity contribution in [3.63, 3.8) is 0 Å². The molecule has 0 saturated carbocycles. The third-order valence-corrected chi connectivity index (χ3v) is 11.1. The number of nitrogens with one attached hydrogen (secondary N) is 1. The molecule has 1 spiro atoms. The highest BCUT2D eigenvalue weighted by atomic mass is 28.4. The third-order valence-electron chi connectivity index (χ3n) is 6.63. The lowest BCUT2D eigenvalue weighted by Gasteiger charge is -2.37. The highest BCUT2D eigenvalue weighted by Gasteiger charge is 2.68. The molecule has 0 aliphatic carbocycles. The second kappa shape index (κ2) is 6.60. The number of ether oxygens (including phenoxy) is 4. The summed E-state index contributed by atoms with van der Waals surface area (Å²) in [5, 5.41) is 0.0381. The van der Waals surface area contributed by atoms with E-state index in [9.17, 15) is 9.59 Å². The number of H-pyrrole nitrogens is 1. The van der Waals surface area contributed by atoms with Crippen LogP contribution in [0.5, 0.6) is 0 Å². The Labute approximate surface area is 176 Å². The minimum atomic E-state index is -2.04.